The first-order valence-electron chi connectivity index (χ1n) is 12.3. The highest BCUT2D eigenvalue weighted by Gasteiger charge is 2.48. The van der Waals surface area contributed by atoms with E-state index >= 15 is 0 Å². The van der Waals surface area contributed by atoms with Gasteiger partial charge in [0.2, 0.25) is 11.9 Å². The van der Waals surface area contributed by atoms with Crippen LogP contribution < -0.4 is 14.4 Å². The number of anilines is 1. The molecular weight excluding hydrogens is 470 g/mol. The smallest absolute Gasteiger partial charge is 0.321 e. The van der Waals surface area contributed by atoms with Crippen LogP contribution in [0, 0.1) is 5.92 Å². The van der Waals surface area contributed by atoms with Crippen molar-refractivity contribution in [2.24, 2.45) is 5.92 Å². The van der Waals surface area contributed by atoms with Crippen LogP contribution in [-0.2, 0) is 20.7 Å². The Bertz CT molecular complexity index is 1430. The van der Waals surface area contributed by atoms with E-state index in [1.165, 1.54) is 0 Å². The van der Waals surface area contributed by atoms with Gasteiger partial charge in [0.05, 0.1) is 37.9 Å². The van der Waals surface area contributed by atoms with Crippen molar-refractivity contribution < 1.29 is 23.8 Å². The zero-order valence-corrected chi connectivity index (χ0v) is 21.1. The molecule has 1 aliphatic rings. The number of fused-ring (bicyclic) bond motifs is 3. The molecule has 2 heterocycles. The van der Waals surface area contributed by atoms with Gasteiger partial charge in [-0.2, -0.15) is 0 Å². The number of amides is 1. The van der Waals surface area contributed by atoms with Crippen molar-refractivity contribution in [1.82, 2.24) is 9.55 Å². The number of hydrogen-bond acceptors (Lipinski definition) is 6. The molecule has 5 rings (SSSR count). The topological polar surface area (TPSA) is 82.9 Å². The first kappa shape index (κ1) is 24.4. The van der Waals surface area contributed by atoms with Gasteiger partial charge in [-0.05, 0) is 48.7 Å². The van der Waals surface area contributed by atoms with Gasteiger partial charge in [0.15, 0.2) is 17.4 Å². The Labute approximate surface area is 215 Å². The molecule has 2 atom stereocenters. The number of carbonyl (C=O) groups excluding carboxylic acids is 2. The molecule has 0 radical (unpaired) electrons. The summed E-state index contributed by atoms with van der Waals surface area (Å²) in [5.74, 6) is -0.437. The van der Waals surface area contributed by atoms with Crippen molar-refractivity contribution in [1.29, 1.82) is 0 Å². The molecule has 0 aliphatic carbocycles. The minimum atomic E-state index is -1.10. The lowest BCUT2D eigenvalue weighted by Gasteiger charge is -2.38. The Balaban J connectivity index is 1.69. The summed E-state index contributed by atoms with van der Waals surface area (Å²) >= 11 is 0. The van der Waals surface area contributed by atoms with E-state index in [1.54, 1.807) is 38.2 Å². The van der Waals surface area contributed by atoms with Gasteiger partial charge >= 0.3 is 5.97 Å². The minimum absolute atomic E-state index is 0.169. The first-order chi connectivity index (χ1) is 18.1. The van der Waals surface area contributed by atoms with Crippen LogP contribution in [0.4, 0.5) is 5.95 Å². The Morgan fingerprint density at radius 2 is 1.68 bits per heavy atom. The molecule has 0 unspecified atom stereocenters. The highest BCUT2D eigenvalue weighted by atomic mass is 16.5. The lowest BCUT2D eigenvalue weighted by Crippen LogP contribution is -2.50. The molecule has 1 aliphatic heterocycles. The normalized spacial score (nSPS) is 16.9. The summed E-state index contributed by atoms with van der Waals surface area (Å²) in [6.45, 7) is 2.28. The van der Waals surface area contributed by atoms with E-state index in [4.69, 9.17) is 19.2 Å². The number of para-hydroxylation sites is 2. The lowest BCUT2D eigenvalue weighted by atomic mass is 9.89. The lowest BCUT2D eigenvalue weighted by molar-refractivity contribution is -0.153. The molecule has 0 spiro atoms. The summed E-state index contributed by atoms with van der Waals surface area (Å²) in [6.07, 6.45) is 0.617. The maximum atomic E-state index is 14.1. The van der Waals surface area contributed by atoms with Crippen molar-refractivity contribution >= 4 is 28.9 Å². The van der Waals surface area contributed by atoms with Gasteiger partial charge in [-0.3, -0.25) is 14.5 Å². The molecule has 1 amide bonds. The highest BCUT2D eigenvalue weighted by molar-refractivity contribution is 6.08. The Hall–Kier alpha value is -4.33. The summed E-state index contributed by atoms with van der Waals surface area (Å²) < 4.78 is 18.4. The number of hydrogen-bond donors (Lipinski definition) is 0. The van der Waals surface area contributed by atoms with E-state index in [0.717, 1.165) is 22.2 Å². The summed E-state index contributed by atoms with van der Waals surface area (Å²) in [4.78, 5) is 33.9. The van der Waals surface area contributed by atoms with Crippen LogP contribution in [0.5, 0.6) is 11.5 Å². The molecule has 0 N–H and O–H groups in total. The van der Waals surface area contributed by atoms with Crippen molar-refractivity contribution in [2.45, 2.75) is 19.4 Å². The van der Waals surface area contributed by atoms with Crippen molar-refractivity contribution in [2.75, 3.05) is 32.3 Å². The fourth-order valence-corrected chi connectivity index (χ4v) is 4.98. The van der Waals surface area contributed by atoms with E-state index < -0.39 is 17.9 Å². The average Bonchev–Trinajstić information content (AvgIpc) is 3.31. The average molecular weight is 500 g/mol. The van der Waals surface area contributed by atoms with Crippen LogP contribution in [-0.4, -0.2) is 48.8 Å². The monoisotopic (exact) mass is 499 g/mol. The number of esters is 1. The predicted octanol–water partition coefficient (Wildman–Crippen LogP) is 4.41. The fraction of sp³-hybridized carbons (Fsp3) is 0.276. The third kappa shape index (κ3) is 4.39. The summed E-state index contributed by atoms with van der Waals surface area (Å²) in [7, 11) is 3.12. The molecule has 8 nitrogen and oxygen atoms in total. The quantitative estimate of drug-likeness (QED) is 0.264. The number of nitrogens with zero attached hydrogens (tertiary/aromatic N) is 3. The molecule has 190 valence electrons. The fourth-order valence-electron chi connectivity index (χ4n) is 4.98. The van der Waals surface area contributed by atoms with Crippen LogP contribution >= 0.6 is 0 Å². The van der Waals surface area contributed by atoms with E-state index in [0.29, 0.717) is 30.4 Å². The number of benzene rings is 3. The summed E-state index contributed by atoms with van der Waals surface area (Å²) in [5, 5.41) is 0. The molecule has 37 heavy (non-hydrogen) atoms. The Kier molecular flexibility index (Phi) is 6.81. The number of ether oxygens (including phenoxy) is 3. The van der Waals surface area contributed by atoms with Gasteiger partial charge in [-0.15, -0.1) is 0 Å². The summed E-state index contributed by atoms with van der Waals surface area (Å²) in [5.41, 5.74) is 3.37. The molecule has 0 saturated heterocycles. The van der Waals surface area contributed by atoms with Crippen LogP contribution in [0.1, 0.15) is 24.1 Å². The van der Waals surface area contributed by atoms with Crippen LogP contribution in [0.3, 0.4) is 0 Å². The van der Waals surface area contributed by atoms with E-state index in [2.05, 4.69) is 0 Å². The maximum absolute atomic E-state index is 14.1. The Morgan fingerprint density at radius 3 is 2.41 bits per heavy atom. The van der Waals surface area contributed by atoms with Gasteiger partial charge in [0.1, 0.15) is 0 Å². The SMILES string of the molecule is CCOC(=O)[C@H]1C(=O)N(CCc2ccccc2)c2nc3ccccc3n2[C@@H]1c1ccc(OC)c(OC)c1. The number of imidazole rings is 1. The third-order valence-electron chi connectivity index (χ3n) is 6.70. The highest BCUT2D eigenvalue weighted by Crippen LogP contribution is 2.43. The van der Waals surface area contributed by atoms with Gasteiger partial charge in [-0.1, -0.05) is 48.5 Å². The second-order valence-corrected chi connectivity index (χ2v) is 8.78. The van der Waals surface area contributed by atoms with Crippen molar-refractivity contribution in [3.05, 3.63) is 83.9 Å². The molecule has 0 bridgehead atoms. The van der Waals surface area contributed by atoms with E-state index in [-0.39, 0.29) is 12.5 Å². The van der Waals surface area contributed by atoms with Gasteiger partial charge < -0.3 is 18.8 Å². The van der Waals surface area contributed by atoms with E-state index in [1.807, 2.05) is 65.2 Å². The zero-order chi connectivity index (χ0) is 25.9. The zero-order valence-electron chi connectivity index (χ0n) is 21.1. The maximum Gasteiger partial charge on any atom is 0.321 e. The molecular formula is C29H29N3O5. The summed E-state index contributed by atoms with van der Waals surface area (Å²) in [6, 6.07) is 22.4. The standard InChI is InChI=1S/C29H29N3O5/c1-4-37-28(34)25-26(20-14-15-23(35-2)24(18-20)36-3)32-22-13-9-8-12-21(22)30-29(32)31(27(25)33)17-16-19-10-6-5-7-11-19/h5-15,18,25-26H,4,16-17H2,1-3H3/t25-,26-/m1/s1. The van der Waals surface area contributed by atoms with Gasteiger partial charge in [0, 0.05) is 6.54 Å². The van der Waals surface area contributed by atoms with Crippen LogP contribution in [0.2, 0.25) is 0 Å². The molecule has 8 heteroatoms. The second kappa shape index (κ2) is 10.3. The van der Waals surface area contributed by atoms with Crippen LogP contribution in [0.15, 0.2) is 72.8 Å². The number of carbonyl (C=O) groups is 2. The second-order valence-electron chi connectivity index (χ2n) is 8.78. The molecule has 3 aromatic carbocycles. The number of methoxy groups -OCH3 is 2. The largest absolute Gasteiger partial charge is 0.493 e. The number of rotatable bonds is 8. The molecule has 0 fully saturated rings. The van der Waals surface area contributed by atoms with Crippen LogP contribution in [0.25, 0.3) is 11.0 Å². The van der Waals surface area contributed by atoms with Gasteiger partial charge in [0.25, 0.3) is 0 Å². The predicted molar refractivity (Wildman–Crippen MR) is 140 cm³/mol. The molecule has 1 aromatic heterocycles. The first-order valence-corrected chi connectivity index (χ1v) is 12.3. The van der Waals surface area contributed by atoms with Gasteiger partial charge in [-0.25, -0.2) is 4.98 Å². The van der Waals surface area contributed by atoms with E-state index in [9.17, 15) is 9.59 Å². The molecule has 0 saturated carbocycles. The van der Waals surface area contributed by atoms with Crippen molar-refractivity contribution in [3.63, 3.8) is 0 Å². The third-order valence-corrected chi connectivity index (χ3v) is 6.70. The van der Waals surface area contributed by atoms with Crippen molar-refractivity contribution in [3.8, 4) is 11.5 Å². The number of aromatic nitrogens is 2. The minimum Gasteiger partial charge on any atom is -0.493 e. The Morgan fingerprint density at radius 1 is 0.946 bits per heavy atom. The molecule has 4 aromatic rings.